The zero-order chi connectivity index (χ0) is 9.84. The van der Waals surface area contributed by atoms with E-state index < -0.39 is 0 Å². The molecule has 70 valence electrons. The van der Waals surface area contributed by atoms with Gasteiger partial charge in [-0.3, -0.25) is 5.43 Å². The highest BCUT2D eigenvalue weighted by molar-refractivity contribution is 5.79. The predicted octanol–water partition coefficient (Wildman–Crippen LogP) is -0.497. The van der Waals surface area contributed by atoms with Gasteiger partial charge < -0.3 is 5.73 Å². The quantitative estimate of drug-likeness (QED) is 0.234. The van der Waals surface area contributed by atoms with Gasteiger partial charge in [-0.15, -0.1) is 0 Å². The molecule has 0 amide bonds. The van der Waals surface area contributed by atoms with Gasteiger partial charge >= 0.3 is 0 Å². The normalized spacial score (nSPS) is 11.5. The Balaban J connectivity index is 3.02. The number of hydrogen-bond acceptors (Lipinski definition) is 4. The monoisotopic (exact) mass is 180 g/mol. The zero-order valence-electron chi connectivity index (χ0n) is 7.57. The van der Waals surface area contributed by atoms with Crippen LogP contribution in [0, 0.1) is 13.8 Å². The number of aliphatic imine (C=N–C) groups is 1. The maximum absolute atomic E-state index is 5.34. The molecule has 0 unspecified atom stereocenters. The first kappa shape index (κ1) is 9.40. The third-order valence-corrected chi connectivity index (χ3v) is 1.34. The molecule has 1 aromatic heterocycles. The first-order chi connectivity index (χ1) is 6.11. The minimum absolute atomic E-state index is 0.0880. The molecule has 1 heterocycles. The van der Waals surface area contributed by atoms with Crippen LogP contribution in [0.15, 0.2) is 11.1 Å². The molecule has 0 fully saturated rings. The van der Waals surface area contributed by atoms with Crippen molar-refractivity contribution in [2.75, 3.05) is 0 Å². The summed E-state index contributed by atoms with van der Waals surface area (Å²) in [7, 11) is 0. The molecule has 6 heteroatoms. The molecule has 0 aromatic carbocycles. The molecule has 5 N–H and O–H groups in total. The molecule has 0 atom stereocenters. The second kappa shape index (κ2) is 3.81. The highest BCUT2D eigenvalue weighted by Crippen LogP contribution is 2.05. The van der Waals surface area contributed by atoms with E-state index in [1.807, 2.05) is 19.9 Å². The number of hydrazine groups is 1. The lowest BCUT2D eigenvalue weighted by molar-refractivity contribution is 0.982. The van der Waals surface area contributed by atoms with Gasteiger partial charge in [0.05, 0.1) is 0 Å². The van der Waals surface area contributed by atoms with Crippen molar-refractivity contribution in [2.45, 2.75) is 13.8 Å². The van der Waals surface area contributed by atoms with Crippen LogP contribution in [0.4, 0.5) is 5.95 Å². The van der Waals surface area contributed by atoms with E-state index in [2.05, 4.69) is 20.4 Å². The molecule has 0 radical (unpaired) electrons. The molecular formula is C7H12N6. The fraction of sp³-hybridized carbons (Fsp3) is 0.286. The van der Waals surface area contributed by atoms with Gasteiger partial charge in [0.25, 0.3) is 5.95 Å². The summed E-state index contributed by atoms with van der Waals surface area (Å²) in [6.07, 6.45) is 0. The van der Waals surface area contributed by atoms with Crippen molar-refractivity contribution in [1.82, 2.24) is 15.4 Å². The second-order valence-electron chi connectivity index (χ2n) is 2.59. The van der Waals surface area contributed by atoms with Crippen LogP contribution >= 0.6 is 0 Å². The van der Waals surface area contributed by atoms with Crippen molar-refractivity contribution in [3.8, 4) is 0 Å². The molecule has 0 spiro atoms. The Morgan fingerprint density at radius 2 is 1.92 bits per heavy atom. The molecule has 6 nitrogen and oxygen atoms in total. The summed E-state index contributed by atoms with van der Waals surface area (Å²) < 4.78 is 0. The number of nitrogens with two attached hydrogens (primary N) is 2. The summed E-state index contributed by atoms with van der Waals surface area (Å²) in [6, 6.07) is 1.85. The van der Waals surface area contributed by atoms with Gasteiger partial charge in [0.15, 0.2) is 0 Å². The number of hydrogen-bond donors (Lipinski definition) is 3. The Hall–Kier alpha value is -1.69. The Bertz CT molecular complexity index is 312. The molecule has 1 aromatic rings. The summed E-state index contributed by atoms with van der Waals surface area (Å²) in [4.78, 5) is 11.9. The molecule has 0 aliphatic carbocycles. The lowest BCUT2D eigenvalue weighted by Gasteiger charge is -1.99. The summed E-state index contributed by atoms with van der Waals surface area (Å²) in [6.45, 7) is 3.72. The fourth-order valence-corrected chi connectivity index (χ4v) is 0.897. The topological polar surface area (TPSA) is 102 Å². The molecule has 1 rings (SSSR count). The molecule has 13 heavy (non-hydrogen) atoms. The Labute approximate surface area is 76.1 Å². The Kier molecular flexibility index (Phi) is 2.76. The lowest BCUT2D eigenvalue weighted by Crippen LogP contribution is -2.36. The van der Waals surface area contributed by atoms with Crippen LogP contribution < -0.4 is 17.0 Å². The molecular weight excluding hydrogens is 168 g/mol. The van der Waals surface area contributed by atoms with Gasteiger partial charge in [0.1, 0.15) is 0 Å². The van der Waals surface area contributed by atoms with Crippen molar-refractivity contribution in [3.63, 3.8) is 0 Å². The first-order valence-electron chi connectivity index (χ1n) is 3.75. The number of aromatic nitrogens is 2. The smallest absolute Gasteiger partial charge is 0.253 e. The van der Waals surface area contributed by atoms with Crippen molar-refractivity contribution < 1.29 is 0 Å². The summed E-state index contributed by atoms with van der Waals surface area (Å²) in [5.74, 6) is 5.44. The average Bonchev–Trinajstić information content (AvgIpc) is 2.02. The van der Waals surface area contributed by atoms with Crippen molar-refractivity contribution in [3.05, 3.63) is 17.5 Å². The molecule has 0 saturated heterocycles. The minimum Gasteiger partial charge on any atom is -0.368 e. The number of nitrogens with one attached hydrogen (secondary N) is 1. The van der Waals surface area contributed by atoms with Gasteiger partial charge in [-0.25, -0.2) is 15.8 Å². The van der Waals surface area contributed by atoms with Crippen LogP contribution in [-0.4, -0.2) is 15.9 Å². The maximum Gasteiger partial charge on any atom is 0.253 e. The summed E-state index contributed by atoms with van der Waals surface area (Å²) in [5, 5.41) is 0. The van der Waals surface area contributed by atoms with Crippen LogP contribution in [-0.2, 0) is 0 Å². The zero-order valence-corrected chi connectivity index (χ0v) is 7.57. The van der Waals surface area contributed by atoms with Crippen molar-refractivity contribution in [2.24, 2.45) is 16.6 Å². The third-order valence-electron chi connectivity index (χ3n) is 1.34. The van der Waals surface area contributed by atoms with E-state index in [0.29, 0.717) is 5.95 Å². The summed E-state index contributed by atoms with van der Waals surface area (Å²) in [5.41, 5.74) is 9.23. The van der Waals surface area contributed by atoms with E-state index in [9.17, 15) is 0 Å². The molecule has 0 bridgehead atoms. The SMILES string of the molecule is Cc1cc(C)nc(/N=C(/N)NN)n1. The van der Waals surface area contributed by atoms with E-state index >= 15 is 0 Å². The largest absolute Gasteiger partial charge is 0.368 e. The fourth-order valence-electron chi connectivity index (χ4n) is 0.897. The first-order valence-corrected chi connectivity index (χ1v) is 3.75. The van der Waals surface area contributed by atoms with Crippen molar-refractivity contribution in [1.29, 1.82) is 0 Å². The average molecular weight is 180 g/mol. The van der Waals surface area contributed by atoms with Crippen LogP contribution in [0.25, 0.3) is 0 Å². The van der Waals surface area contributed by atoms with Crippen LogP contribution in [0.3, 0.4) is 0 Å². The Morgan fingerprint density at radius 3 is 2.38 bits per heavy atom. The lowest BCUT2D eigenvalue weighted by atomic mass is 10.4. The molecule has 0 aliphatic heterocycles. The van der Waals surface area contributed by atoms with Crippen LogP contribution in [0.1, 0.15) is 11.4 Å². The van der Waals surface area contributed by atoms with E-state index in [-0.39, 0.29) is 5.96 Å². The van der Waals surface area contributed by atoms with Crippen molar-refractivity contribution >= 4 is 11.9 Å². The number of guanidine groups is 1. The number of nitrogens with zero attached hydrogens (tertiary/aromatic N) is 3. The van der Waals surface area contributed by atoms with E-state index in [1.165, 1.54) is 0 Å². The number of rotatable bonds is 1. The Morgan fingerprint density at radius 1 is 1.38 bits per heavy atom. The van der Waals surface area contributed by atoms with Gasteiger partial charge in [-0.2, -0.15) is 4.99 Å². The van der Waals surface area contributed by atoms with E-state index in [1.54, 1.807) is 0 Å². The molecule has 0 saturated carbocycles. The molecule has 0 aliphatic rings. The van der Waals surface area contributed by atoms with Crippen LogP contribution in [0.5, 0.6) is 0 Å². The highest BCUT2D eigenvalue weighted by Gasteiger charge is 1.97. The standard InChI is InChI=1S/C7H12N6/c1-4-3-5(2)11-7(10-4)12-6(8)13-9/h3H,9H2,1-2H3,(H3,8,10,11,12,13). The van der Waals surface area contributed by atoms with Gasteiger partial charge in [-0.05, 0) is 19.9 Å². The van der Waals surface area contributed by atoms with Gasteiger partial charge in [0, 0.05) is 11.4 Å². The van der Waals surface area contributed by atoms with Crippen LogP contribution in [0.2, 0.25) is 0 Å². The minimum atomic E-state index is 0.0880. The highest BCUT2D eigenvalue weighted by atomic mass is 15.3. The third kappa shape index (κ3) is 2.68. The van der Waals surface area contributed by atoms with E-state index in [4.69, 9.17) is 11.6 Å². The van der Waals surface area contributed by atoms with E-state index in [0.717, 1.165) is 11.4 Å². The maximum atomic E-state index is 5.34. The number of aryl methyl sites for hydroxylation is 2. The second-order valence-corrected chi connectivity index (χ2v) is 2.59. The predicted molar refractivity (Wildman–Crippen MR) is 50.1 cm³/mol. The summed E-state index contributed by atoms with van der Waals surface area (Å²) >= 11 is 0. The van der Waals surface area contributed by atoms with Gasteiger partial charge in [-0.1, -0.05) is 0 Å². The van der Waals surface area contributed by atoms with Gasteiger partial charge in [0.2, 0.25) is 5.96 Å².